The van der Waals surface area contributed by atoms with Crippen LogP contribution in [-0.2, 0) is 6.54 Å². The molecule has 0 aliphatic heterocycles. The maximum absolute atomic E-state index is 14.1. The van der Waals surface area contributed by atoms with E-state index in [1.807, 2.05) is 13.1 Å². The molecule has 2 rings (SSSR count). The van der Waals surface area contributed by atoms with E-state index in [4.69, 9.17) is 0 Å². The Morgan fingerprint density at radius 1 is 1.32 bits per heavy atom. The van der Waals surface area contributed by atoms with Crippen LogP contribution < -0.4 is 10.2 Å². The van der Waals surface area contributed by atoms with Crippen molar-refractivity contribution in [1.82, 2.24) is 5.32 Å². The number of para-hydroxylation sites is 1. The van der Waals surface area contributed by atoms with E-state index < -0.39 is 0 Å². The van der Waals surface area contributed by atoms with E-state index in [0.717, 1.165) is 23.7 Å². The molecule has 1 N–H and O–H groups in total. The number of anilines is 1. The van der Waals surface area contributed by atoms with Gasteiger partial charge in [-0.2, -0.15) is 0 Å². The first-order valence-electron chi connectivity index (χ1n) is 7.10. The lowest BCUT2D eigenvalue weighted by molar-refractivity contribution is 0.423. The zero-order valence-corrected chi connectivity index (χ0v) is 12.5. The van der Waals surface area contributed by atoms with Crippen molar-refractivity contribution in [2.24, 2.45) is 5.92 Å². The van der Waals surface area contributed by atoms with Crippen LogP contribution in [0.3, 0.4) is 0 Å². The van der Waals surface area contributed by atoms with Crippen LogP contribution in [0.1, 0.15) is 39.2 Å². The van der Waals surface area contributed by atoms with Gasteiger partial charge >= 0.3 is 0 Å². The molecule has 1 saturated carbocycles. The van der Waals surface area contributed by atoms with Crippen LogP contribution in [0.4, 0.5) is 10.1 Å². The predicted octanol–water partition coefficient (Wildman–Crippen LogP) is 3.56. The molecule has 0 radical (unpaired) electrons. The third-order valence-corrected chi connectivity index (χ3v) is 3.49. The molecule has 0 atom stereocenters. The lowest BCUT2D eigenvalue weighted by Gasteiger charge is -2.26. The maximum atomic E-state index is 14.1. The van der Waals surface area contributed by atoms with Crippen molar-refractivity contribution in [2.75, 3.05) is 18.5 Å². The minimum atomic E-state index is -0.114. The van der Waals surface area contributed by atoms with Crippen LogP contribution in [0.2, 0.25) is 0 Å². The number of benzene rings is 1. The molecule has 1 aromatic rings. The smallest absolute Gasteiger partial charge is 0.146 e. The first-order chi connectivity index (χ1) is 8.87. The standard InChI is InChI=1S/C16H25FN2/c1-16(2,3)18-10-13-6-5-7-14(17)15(13)19(4)11-12-8-9-12/h5-7,12,18H,8-11H2,1-4H3. The van der Waals surface area contributed by atoms with Crippen molar-refractivity contribution in [3.05, 3.63) is 29.6 Å². The van der Waals surface area contributed by atoms with Crippen LogP contribution >= 0.6 is 0 Å². The molecule has 0 heterocycles. The second kappa shape index (κ2) is 5.49. The Bertz CT molecular complexity index is 433. The number of hydrogen-bond acceptors (Lipinski definition) is 2. The summed E-state index contributed by atoms with van der Waals surface area (Å²) in [5, 5.41) is 3.44. The van der Waals surface area contributed by atoms with Crippen molar-refractivity contribution in [3.8, 4) is 0 Å². The fraction of sp³-hybridized carbons (Fsp3) is 0.625. The lowest BCUT2D eigenvalue weighted by Crippen LogP contribution is -2.35. The van der Waals surface area contributed by atoms with Gasteiger partial charge < -0.3 is 10.2 Å². The van der Waals surface area contributed by atoms with Crippen LogP contribution in [0.15, 0.2) is 18.2 Å². The van der Waals surface area contributed by atoms with E-state index in [-0.39, 0.29) is 11.4 Å². The van der Waals surface area contributed by atoms with Gasteiger partial charge in [0.25, 0.3) is 0 Å². The van der Waals surface area contributed by atoms with Gasteiger partial charge in [-0.05, 0) is 51.2 Å². The summed E-state index contributed by atoms with van der Waals surface area (Å²) in [6.45, 7) is 8.04. The number of nitrogens with one attached hydrogen (secondary N) is 1. The molecule has 0 aromatic heterocycles. The molecule has 1 aliphatic carbocycles. The van der Waals surface area contributed by atoms with Gasteiger partial charge in [-0.25, -0.2) is 4.39 Å². The third kappa shape index (κ3) is 4.20. The summed E-state index contributed by atoms with van der Waals surface area (Å²) in [6, 6.07) is 5.36. The van der Waals surface area contributed by atoms with E-state index in [1.165, 1.54) is 12.8 Å². The molecule has 0 saturated heterocycles. The van der Waals surface area contributed by atoms with Crippen molar-refractivity contribution < 1.29 is 4.39 Å². The minimum Gasteiger partial charge on any atom is -0.372 e. The summed E-state index contributed by atoms with van der Waals surface area (Å²) < 4.78 is 14.1. The Morgan fingerprint density at radius 3 is 2.58 bits per heavy atom. The normalized spacial score (nSPS) is 15.6. The van der Waals surface area contributed by atoms with Crippen molar-refractivity contribution >= 4 is 5.69 Å². The fourth-order valence-corrected chi connectivity index (χ4v) is 2.27. The van der Waals surface area contributed by atoms with Gasteiger partial charge in [0.2, 0.25) is 0 Å². The Balaban J connectivity index is 2.14. The number of halogens is 1. The first kappa shape index (κ1) is 14.3. The first-order valence-corrected chi connectivity index (χ1v) is 7.10. The summed E-state index contributed by atoms with van der Waals surface area (Å²) in [7, 11) is 2.00. The van der Waals surface area contributed by atoms with E-state index in [2.05, 4.69) is 31.0 Å². The highest BCUT2D eigenvalue weighted by molar-refractivity contribution is 5.54. The van der Waals surface area contributed by atoms with Gasteiger partial charge in [0.05, 0.1) is 5.69 Å². The van der Waals surface area contributed by atoms with Crippen LogP contribution in [0, 0.1) is 11.7 Å². The van der Waals surface area contributed by atoms with Crippen molar-refractivity contribution in [1.29, 1.82) is 0 Å². The van der Waals surface area contributed by atoms with E-state index >= 15 is 0 Å². The Morgan fingerprint density at radius 2 is 2.00 bits per heavy atom. The Labute approximate surface area is 116 Å². The van der Waals surface area contributed by atoms with Gasteiger partial charge in [0.15, 0.2) is 0 Å². The summed E-state index contributed by atoms with van der Waals surface area (Å²) in [6.07, 6.45) is 2.57. The molecule has 2 nitrogen and oxygen atoms in total. The number of rotatable bonds is 5. The molecule has 1 aliphatic rings. The number of nitrogens with zero attached hydrogens (tertiary/aromatic N) is 1. The molecule has 19 heavy (non-hydrogen) atoms. The van der Waals surface area contributed by atoms with Crippen molar-refractivity contribution in [3.63, 3.8) is 0 Å². The summed E-state index contributed by atoms with van der Waals surface area (Å²) >= 11 is 0. The highest BCUT2D eigenvalue weighted by atomic mass is 19.1. The molecular weight excluding hydrogens is 239 g/mol. The van der Waals surface area contributed by atoms with Gasteiger partial charge in [0, 0.05) is 25.7 Å². The molecule has 0 bridgehead atoms. The van der Waals surface area contributed by atoms with Crippen LogP contribution in [-0.4, -0.2) is 19.1 Å². The average Bonchev–Trinajstić information content (AvgIpc) is 3.09. The maximum Gasteiger partial charge on any atom is 0.146 e. The quantitative estimate of drug-likeness (QED) is 0.874. The monoisotopic (exact) mass is 264 g/mol. The highest BCUT2D eigenvalue weighted by Crippen LogP contribution is 2.32. The molecular formula is C16H25FN2. The molecule has 0 unspecified atom stereocenters. The Hall–Kier alpha value is -1.09. The number of hydrogen-bond donors (Lipinski definition) is 1. The lowest BCUT2D eigenvalue weighted by atomic mass is 10.1. The summed E-state index contributed by atoms with van der Waals surface area (Å²) in [4.78, 5) is 2.08. The van der Waals surface area contributed by atoms with Crippen LogP contribution in [0.25, 0.3) is 0 Å². The second-order valence-corrected chi connectivity index (χ2v) is 6.68. The van der Waals surface area contributed by atoms with E-state index in [1.54, 1.807) is 12.1 Å². The molecule has 106 valence electrons. The highest BCUT2D eigenvalue weighted by Gasteiger charge is 2.25. The van der Waals surface area contributed by atoms with Gasteiger partial charge in [0.1, 0.15) is 5.82 Å². The van der Waals surface area contributed by atoms with Gasteiger partial charge in [-0.3, -0.25) is 0 Å². The SMILES string of the molecule is CN(CC1CC1)c1c(F)cccc1CNC(C)(C)C. The van der Waals surface area contributed by atoms with Crippen molar-refractivity contribution in [2.45, 2.75) is 45.7 Å². The predicted molar refractivity (Wildman–Crippen MR) is 79.0 cm³/mol. The summed E-state index contributed by atoms with van der Waals surface area (Å²) in [5.41, 5.74) is 1.84. The van der Waals surface area contributed by atoms with Gasteiger partial charge in [-0.15, -0.1) is 0 Å². The summed E-state index contributed by atoms with van der Waals surface area (Å²) in [5.74, 6) is 0.643. The van der Waals surface area contributed by atoms with Gasteiger partial charge in [-0.1, -0.05) is 12.1 Å². The average molecular weight is 264 g/mol. The topological polar surface area (TPSA) is 15.3 Å². The molecule has 1 aromatic carbocycles. The van der Waals surface area contributed by atoms with Crippen LogP contribution in [0.5, 0.6) is 0 Å². The molecule has 0 spiro atoms. The zero-order chi connectivity index (χ0) is 14.0. The molecule has 0 amide bonds. The minimum absolute atomic E-state index is 0.0403. The molecule has 1 fully saturated rings. The fourth-order valence-electron chi connectivity index (χ4n) is 2.27. The third-order valence-electron chi connectivity index (χ3n) is 3.49. The molecule has 3 heteroatoms. The second-order valence-electron chi connectivity index (χ2n) is 6.68. The zero-order valence-electron chi connectivity index (χ0n) is 12.5. The largest absolute Gasteiger partial charge is 0.372 e. The Kier molecular flexibility index (Phi) is 4.14. The van der Waals surface area contributed by atoms with E-state index in [9.17, 15) is 4.39 Å². The van der Waals surface area contributed by atoms with E-state index in [0.29, 0.717) is 6.54 Å².